The lowest BCUT2D eigenvalue weighted by Gasteiger charge is -2.11. The van der Waals surface area contributed by atoms with Gasteiger partial charge in [0.1, 0.15) is 11.5 Å². The van der Waals surface area contributed by atoms with E-state index in [1.807, 2.05) is 0 Å². The van der Waals surface area contributed by atoms with Gasteiger partial charge in [-0.05, 0) is 24.3 Å². The molecule has 0 spiro atoms. The molecule has 0 unspecified atom stereocenters. The molecule has 0 heterocycles. The maximum absolute atomic E-state index is 12.3. The summed E-state index contributed by atoms with van der Waals surface area (Å²) in [5.74, 6) is -2.00. The molecule has 3 N–H and O–H groups in total. The minimum absolute atomic E-state index is 0.0487. The molecule has 2 aromatic rings. The average Bonchev–Trinajstić information content (AvgIpc) is 2.61. The Hall–Kier alpha value is -3.55. The zero-order valence-electron chi connectivity index (χ0n) is 14.1. The van der Waals surface area contributed by atoms with Crippen molar-refractivity contribution in [1.82, 2.24) is 0 Å². The molecule has 0 radical (unpaired) electrons. The van der Waals surface area contributed by atoms with Gasteiger partial charge in [0, 0.05) is 17.3 Å². The van der Waals surface area contributed by atoms with Gasteiger partial charge >= 0.3 is 11.9 Å². The third-order valence-corrected chi connectivity index (χ3v) is 3.56. The average molecular weight is 359 g/mol. The lowest BCUT2D eigenvalue weighted by atomic mass is 10.1. The number of hydrogen-bond donors (Lipinski definition) is 3. The molecule has 136 valence electrons. The SMILES string of the molecule is COc1ccc(CC(=O)Nc2cc(C(=O)O)cc(C(=O)O)c2)c(OC)c1. The van der Waals surface area contributed by atoms with Gasteiger partial charge in [-0.3, -0.25) is 4.79 Å². The van der Waals surface area contributed by atoms with Gasteiger partial charge in [0.2, 0.25) is 5.91 Å². The molecule has 0 aromatic heterocycles. The Morgan fingerprint density at radius 3 is 2.04 bits per heavy atom. The van der Waals surface area contributed by atoms with Gasteiger partial charge < -0.3 is 25.0 Å². The second-order valence-corrected chi connectivity index (χ2v) is 5.31. The highest BCUT2D eigenvalue weighted by atomic mass is 16.5. The monoisotopic (exact) mass is 359 g/mol. The molecule has 0 atom stereocenters. The van der Waals surface area contributed by atoms with Gasteiger partial charge in [-0.15, -0.1) is 0 Å². The summed E-state index contributed by atoms with van der Waals surface area (Å²) in [6, 6.07) is 8.39. The maximum Gasteiger partial charge on any atom is 0.335 e. The maximum atomic E-state index is 12.3. The van der Waals surface area contributed by atoms with E-state index in [1.54, 1.807) is 18.2 Å². The molecule has 0 bridgehead atoms. The van der Waals surface area contributed by atoms with Gasteiger partial charge in [0.15, 0.2) is 0 Å². The van der Waals surface area contributed by atoms with E-state index in [-0.39, 0.29) is 23.2 Å². The van der Waals surface area contributed by atoms with Crippen molar-refractivity contribution >= 4 is 23.5 Å². The van der Waals surface area contributed by atoms with Gasteiger partial charge in [-0.25, -0.2) is 9.59 Å². The lowest BCUT2D eigenvalue weighted by Crippen LogP contribution is -2.16. The number of nitrogens with one attached hydrogen (secondary N) is 1. The second kappa shape index (κ2) is 8.02. The summed E-state index contributed by atoms with van der Waals surface area (Å²) in [5.41, 5.74) is 0.211. The van der Waals surface area contributed by atoms with E-state index in [0.29, 0.717) is 17.1 Å². The molecule has 0 fully saturated rings. The number of anilines is 1. The number of carboxylic acids is 2. The van der Waals surface area contributed by atoms with Crippen LogP contribution in [0.3, 0.4) is 0 Å². The first-order valence-corrected chi connectivity index (χ1v) is 7.46. The summed E-state index contributed by atoms with van der Waals surface area (Å²) in [4.78, 5) is 34.5. The Bertz CT molecular complexity index is 828. The Morgan fingerprint density at radius 2 is 1.54 bits per heavy atom. The standard InChI is InChI=1S/C18H17NO7/c1-25-14-4-3-10(15(9-14)26-2)8-16(20)19-13-6-11(17(21)22)5-12(7-13)18(23)24/h3-7,9H,8H2,1-2H3,(H,19,20)(H,21,22)(H,23,24). The second-order valence-electron chi connectivity index (χ2n) is 5.31. The molecule has 0 aliphatic carbocycles. The van der Waals surface area contributed by atoms with Gasteiger partial charge in [0.25, 0.3) is 0 Å². The first-order chi connectivity index (χ1) is 12.3. The van der Waals surface area contributed by atoms with Crippen LogP contribution in [-0.2, 0) is 11.2 Å². The third-order valence-electron chi connectivity index (χ3n) is 3.56. The topological polar surface area (TPSA) is 122 Å². The summed E-state index contributed by atoms with van der Waals surface area (Å²) in [7, 11) is 2.97. The molecular weight excluding hydrogens is 342 g/mol. The van der Waals surface area contributed by atoms with Crippen molar-refractivity contribution in [3.63, 3.8) is 0 Å². The van der Waals surface area contributed by atoms with Crippen LogP contribution in [0.4, 0.5) is 5.69 Å². The van der Waals surface area contributed by atoms with Crippen molar-refractivity contribution in [2.75, 3.05) is 19.5 Å². The molecule has 2 rings (SSSR count). The molecule has 1 amide bonds. The van der Waals surface area contributed by atoms with Crippen molar-refractivity contribution < 1.29 is 34.1 Å². The van der Waals surface area contributed by atoms with E-state index in [4.69, 9.17) is 19.7 Å². The molecule has 0 saturated carbocycles. The Morgan fingerprint density at radius 1 is 0.923 bits per heavy atom. The molecular formula is C18H17NO7. The van der Waals surface area contributed by atoms with Crippen LogP contribution in [0.25, 0.3) is 0 Å². The van der Waals surface area contributed by atoms with Crippen LogP contribution < -0.4 is 14.8 Å². The molecule has 8 nitrogen and oxygen atoms in total. The Labute approximate surface area is 149 Å². The predicted molar refractivity (Wildman–Crippen MR) is 92.2 cm³/mol. The van der Waals surface area contributed by atoms with E-state index in [2.05, 4.69) is 5.32 Å². The summed E-state index contributed by atoms with van der Waals surface area (Å²) in [6.45, 7) is 0. The van der Waals surface area contributed by atoms with Crippen molar-refractivity contribution in [3.05, 3.63) is 53.1 Å². The van der Waals surface area contributed by atoms with E-state index in [1.165, 1.54) is 26.4 Å². The first-order valence-electron chi connectivity index (χ1n) is 7.46. The Balaban J connectivity index is 2.22. The van der Waals surface area contributed by atoms with Crippen LogP contribution in [0.5, 0.6) is 11.5 Å². The van der Waals surface area contributed by atoms with Crippen molar-refractivity contribution in [2.24, 2.45) is 0 Å². The number of benzene rings is 2. The number of rotatable bonds is 7. The highest BCUT2D eigenvalue weighted by Crippen LogP contribution is 2.25. The van der Waals surface area contributed by atoms with E-state index in [0.717, 1.165) is 6.07 Å². The lowest BCUT2D eigenvalue weighted by molar-refractivity contribution is -0.115. The predicted octanol–water partition coefficient (Wildman–Crippen LogP) is 2.28. The summed E-state index contributed by atoms with van der Waals surface area (Å²) < 4.78 is 10.3. The fourth-order valence-electron chi connectivity index (χ4n) is 2.32. The fraction of sp³-hybridized carbons (Fsp3) is 0.167. The number of carbonyl (C=O) groups excluding carboxylic acids is 1. The number of aromatic carboxylic acids is 2. The molecule has 2 aromatic carbocycles. The van der Waals surface area contributed by atoms with Crippen LogP contribution in [-0.4, -0.2) is 42.3 Å². The van der Waals surface area contributed by atoms with E-state index in [9.17, 15) is 14.4 Å². The molecule has 0 saturated heterocycles. The number of methoxy groups -OCH3 is 2. The molecule has 0 aliphatic rings. The zero-order chi connectivity index (χ0) is 19.3. The van der Waals surface area contributed by atoms with Gasteiger partial charge in [-0.1, -0.05) is 6.07 Å². The largest absolute Gasteiger partial charge is 0.497 e. The van der Waals surface area contributed by atoms with Crippen LogP contribution in [0.15, 0.2) is 36.4 Å². The fourth-order valence-corrected chi connectivity index (χ4v) is 2.32. The molecule has 0 aliphatic heterocycles. The van der Waals surface area contributed by atoms with Crippen molar-refractivity contribution in [2.45, 2.75) is 6.42 Å². The summed E-state index contributed by atoms with van der Waals surface area (Å²) in [5, 5.41) is 20.6. The van der Waals surface area contributed by atoms with Crippen molar-refractivity contribution in [3.8, 4) is 11.5 Å². The molecule has 8 heteroatoms. The quantitative estimate of drug-likeness (QED) is 0.693. The zero-order valence-corrected chi connectivity index (χ0v) is 14.1. The molecule has 26 heavy (non-hydrogen) atoms. The van der Waals surface area contributed by atoms with Crippen molar-refractivity contribution in [1.29, 1.82) is 0 Å². The summed E-state index contributed by atoms with van der Waals surface area (Å²) in [6.07, 6.45) is -0.0487. The van der Waals surface area contributed by atoms with Crippen LogP contribution in [0.1, 0.15) is 26.3 Å². The van der Waals surface area contributed by atoms with Crippen LogP contribution >= 0.6 is 0 Å². The minimum atomic E-state index is -1.29. The Kier molecular flexibility index (Phi) is 5.79. The number of carboxylic acid groups (broad SMARTS) is 2. The number of carbonyl (C=O) groups is 3. The smallest absolute Gasteiger partial charge is 0.335 e. The number of amides is 1. The minimum Gasteiger partial charge on any atom is -0.497 e. The summed E-state index contributed by atoms with van der Waals surface area (Å²) >= 11 is 0. The number of ether oxygens (including phenoxy) is 2. The van der Waals surface area contributed by atoms with Gasteiger partial charge in [-0.2, -0.15) is 0 Å². The van der Waals surface area contributed by atoms with Crippen LogP contribution in [0.2, 0.25) is 0 Å². The van der Waals surface area contributed by atoms with E-state index < -0.39 is 17.8 Å². The first kappa shape index (κ1) is 18.8. The van der Waals surface area contributed by atoms with Crippen LogP contribution in [0, 0.1) is 0 Å². The third kappa shape index (κ3) is 4.50. The number of hydrogen-bond acceptors (Lipinski definition) is 5. The highest BCUT2D eigenvalue weighted by molar-refractivity contribution is 5.99. The van der Waals surface area contributed by atoms with Gasteiger partial charge in [0.05, 0.1) is 31.8 Å². The highest BCUT2D eigenvalue weighted by Gasteiger charge is 2.14. The van der Waals surface area contributed by atoms with E-state index >= 15 is 0 Å². The normalized spacial score (nSPS) is 10.1.